The van der Waals surface area contributed by atoms with Crippen LogP contribution < -0.4 is 9.47 Å². The predicted molar refractivity (Wildman–Crippen MR) is 130 cm³/mol. The molecule has 2 aromatic carbocycles. The molecule has 2 aliphatic rings. The topological polar surface area (TPSA) is 76.2 Å². The lowest BCUT2D eigenvalue weighted by Gasteiger charge is -2.18. The van der Waals surface area contributed by atoms with Gasteiger partial charge in [0.05, 0.1) is 16.5 Å². The number of amides is 3. The van der Waals surface area contributed by atoms with E-state index in [4.69, 9.17) is 9.47 Å². The summed E-state index contributed by atoms with van der Waals surface area (Å²) in [6.07, 6.45) is 3.46. The largest absolute Gasteiger partial charge is 0.493 e. The molecule has 2 aliphatic heterocycles. The minimum atomic E-state index is -0.491. The van der Waals surface area contributed by atoms with Crippen LogP contribution in [0.2, 0.25) is 0 Å². The van der Waals surface area contributed by atoms with E-state index in [1.54, 1.807) is 35.2 Å². The molecule has 0 N–H and O–H groups in total. The first-order valence-electron chi connectivity index (χ1n) is 10.6. The van der Waals surface area contributed by atoms with E-state index in [1.165, 1.54) is 19.2 Å². The van der Waals surface area contributed by atoms with Crippen molar-refractivity contribution in [1.82, 2.24) is 9.80 Å². The maximum Gasteiger partial charge on any atom is 0.294 e. The monoisotopic (exact) mass is 548 g/mol. The average molecular weight is 549 g/mol. The summed E-state index contributed by atoms with van der Waals surface area (Å²) in [5.74, 6) is -0.154. The molecular formula is C24H22BrFN2O5S. The van der Waals surface area contributed by atoms with Gasteiger partial charge in [0.2, 0.25) is 5.91 Å². The van der Waals surface area contributed by atoms with Gasteiger partial charge in [0.25, 0.3) is 11.1 Å². The quantitative estimate of drug-likeness (QED) is 0.461. The summed E-state index contributed by atoms with van der Waals surface area (Å²) in [6, 6.07) is 9.42. The van der Waals surface area contributed by atoms with Crippen molar-refractivity contribution in [3.63, 3.8) is 0 Å². The number of imide groups is 1. The summed E-state index contributed by atoms with van der Waals surface area (Å²) in [6.45, 7) is 1.28. The molecule has 2 aromatic rings. The molecule has 2 fully saturated rings. The van der Waals surface area contributed by atoms with Gasteiger partial charge in [-0.3, -0.25) is 19.3 Å². The molecule has 0 saturated carbocycles. The van der Waals surface area contributed by atoms with Gasteiger partial charge < -0.3 is 14.4 Å². The van der Waals surface area contributed by atoms with Crippen molar-refractivity contribution in [2.24, 2.45) is 0 Å². The summed E-state index contributed by atoms with van der Waals surface area (Å²) in [4.78, 5) is 40.5. The van der Waals surface area contributed by atoms with Crippen LogP contribution >= 0.6 is 27.7 Å². The fourth-order valence-corrected chi connectivity index (χ4v) is 5.10. The molecule has 0 radical (unpaired) electrons. The van der Waals surface area contributed by atoms with E-state index < -0.39 is 11.1 Å². The Morgan fingerprint density at radius 3 is 2.56 bits per heavy atom. The minimum absolute atomic E-state index is 0.207. The number of carbonyl (C=O) groups is 3. The van der Waals surface area contributed by atoms with Crippen molar-refractivity contribution < 1.29 is 28.2 Å². The van der Waals surface area contributed by atoms with Gasteiger partial charge in [-0.15, -0.1) is 0 Å². The number of methoxy groups -OCH3 is 1. The number of rotatable bonds is 7. The normalized spacial score (nSPS) is 17.1. The molecule has 3 amide bonds. The van der Waals surface area contributed by atoms with Crippen LogP contribution in [-0.4, -0.2) is 53.6 Å². The van der Waals surface area contributed by atoms with Gasteiger partial charge in [0.15, 0.2) is 11.5 Å². The van der Waals surface area contributed by atoms with E-state index in [0.29, 0.717) is 34.6 Å². The zero-order chi connectivity index (χ0) is 24.2. The fourth-order valence-electron chi connectivity index (χ4n) is 3.69. The van der Waals surface area contributed by atoms with Crippen LogP contribution in [0.3, 0.4) is 0 Å². The zero-order valence-electron chi connectivity index (χ0n) is 18.4. The van der Waals surface area contributed by atoms with Crippen molar-refractivity contribution in [2.45, 2.75) is 19.4 Å². The molecule has 10 heteroatoms. The number of nitrogens with zero attached hydrogens (tertiary/aromatic N) is 2. The third-order valence-corrected chi connectivity index (χ3v) is 6.97. The van der Waals surface area contributed by atoms with Crippen molar-refractivity contribution >= 4 is 50.8 Å². The van der Waals surface area contributed by atoms with Crippen LogP contribution in [0.15, 0.2) is 45.8 Å². The first-order chi connectivity index (χ1) is 16.4. The van der Waals surface area contributed by atoms with Crippen LogP contribution in [0.25, 0.3) is 6.08 Å². The molecule has 34 heavy (non-hydrogen) atoms. The molecule has 0 bridgehead atoms. The van der Waals surface area contributed by atoms with Crippen LogP contribution in [0, 0.1) is 5.82 Å². The van der Waals surface area contributed by atoms with E-state index in [0.717, 1.165) is 35.1 Å². The Bertz CT molecular complexity index is 1150. The molecule has 0 aromatic heterocycles. The first-order valence-corrected chi connectivity index (χ1v) is 12.2. The van der Waals surface area contributed by atoms with Gasteiger partial charge in [0, 0.05) is 13.1 Å². The number of benzene rings is 2. The highest BCUT2D eigenvalue weighted by molar-refractivity contribution is 9.10. The lowest BCUT2D eigenvalue weighted by atomic mass is 10.1. The second kappa shape index (κ2) is 10.6. The van der Waals surface area contributed by atoms with E-state index in [1.807, 2.05) is 0 Å². The number of likely N-dealkylation sites (tertiary alicyclic amines) is 1. The molecule has 0 unspecified atom stereocenters. The molecule has 0 atom stereocenters. The van der Waals surface area contributed by atoms with Crippen LogP contribution in [0.5, 0.6) is 11.5 Å². The highest BCUT2D eigenvalue weighted by Crippen LogP contribution is 2.39. The molecule has 4 rings (SSSR count). The Kier molecular flexibility index (Phi) is 7.57. The van der Waals surface area contributed by atoms with Crippen LogP contribution in [-0.2, 0) is 16.2 Å². The Hall–Kier alpha value is -2.85. The molecule has 7 nitrogen and oxygen atoms in total. The average Bonchev–Trinajstić information content (AvgIpc) is 3.44. The molecule has 2 saturated heterocycles. The third kappa shape index (κ3) is 5.44. The van der Waals surface area contributed by atoms with Crippen molar-refractivity contribution in [3.8, 4) is 11.5 Å². The molecule has 0 aliphatic carbocycles. The minimum Gasteiger partial charge on any atom is -0.493 e. The van der Waals surface area contributed by atoms with Crippen molar-refractivity contribution in [2.75, 3.05) is 26.7 Å². The maximum absolute atomic E-state index is 13.1. The summed E-state index contributed by atoms with van der Waals surface area (Å²) in [7, 11) is 1.49. The zero-order valence-corrected chi connectivity index (χ0v) is 20.8. The summed E-state index contributed by atoms with van der Waals surface area (Å²) < 4.78 is 25.0. The summed E-state index contributed by atoms with van der Waals surface area (Å²) in [5.41, 5.74) is 1.41. The van der Waals surface area contributed by atoms with Gasteiger partial charge >= 0.3 is 0 Å². The highest BCUT2D eigenvalue weighted by Gasteiger charge is 2.37. The van der Waals surface area contributed by atoms with Gasteiger partial charge in [-0.2, -0.15) is 0 Å². The number of thioether (sulfide) groups is 1. The summed E-state index contributed by atoms with van der Waals surface area (Å²) >= 11 is 4.27. The number of hydrogen-bond donors (Lipinski definition) is 0. The van der Waals surface area contributed by atoms with E-state index >= 15 is 0 Å². The Balaban J connectivity index is 1.49. The smallest absolute Gasteiger partial charge is 0.294 e. The first kappa shape index (κ1) is 24.3. The second-order valence-corrected chi connectivity index (χ2v) is 9.65. The molecule has 2 heterocycles. The van der Waals surface area contributed by atoms with Crippen LogP contribution in [0.1, 0.15) is 24.0 Å². The number of ether oxygens (including phenoxy) is 2. The standard InChI is InChI=1S/C24H22BrFN2O5S/c1-32-19-11-16(10-18(25)22(19)33-14-15-4-6-17(26)7-5-15)12-20-23(30)28(24(31)34-20)13-21(29)27-8-2-3-9-27/h4-7,10-12H,2-3,8-9,13-14H2,1H3/b20-12+. The fraction of sp³-hybridized carbons (Fsp3) is 0.292. The van der Waals surface area contributed by atoms with Gasteiger partial charge in [-0.1, -0.05) is 12.1 Å². The lowest BCUT2D eigenvalue weighted by Crippen LogP contribution is -2.40. The lowest BCUT2D eigenvalue weighted by molar-refractivity contribution is -0.135. The van der Waals surface area contributed by atoms with Crippen LogP contribution in [0.4, 0.5) is 9.18 Å². The molecular weight excluding hydrogens is 527 g/mol. The summed E-state index contributed by atoms with van der Waals surface area (Å²) in [5, 5.41) is -0.464. The second-order valence-electron chi connectivity index (χ2n) is 7.81. The number of halogens is 2. The highest BCUT2D eigenvalue weighted by atomic mass is 79.9. The third-order valence-electron chi connectivity index (χ3n) is 5.47. The molecule has 0 spiro atoms. The number of hydrogen-bond acceptors (Lipinski definition) is 6. The van der Waals surface area contributed by atoms with E-state index in [-0.39, 0.29) is 29.8 Å². The molecule has 178 valence electrons. The van der Waals surface area contributed by atoms with E-state index in [2.05, 4.69) is 15.9 Å². The van der Waals surface area contributed by atoms with E-state index in [9.17, 15) is 18.8 Å². The maximum atomic E-state index is 13.1. The van der Waals surface area contributed by atoms with Gasteiger partial charge in [-0.25, -0.2) is 4.39 Å². The Morgan fingerprint density at radius 1 is 1.18 bits per heavy atom. The Labute approximate surface area is 209 Å². The van der Waals surface area contributed by atoms with Gasteiger partial charge in [-0.05, 0) is 82.0 Å². The van der Waals surface area contributed by atoms with Crippen molar-refractivity contribution in [1.29, 1.82) is 0 Å². The SMILES string of the molecule is COc1cc(/C=C2/SC(=O)N(CC(=O)N3CCCC3)C2=O)cc(Br)c1OCc1ccc(F)cc1. The Morgan fingerprint density at radius 2 is 1.88 bits per heavy atom. The van der Waals surface area contributed by atoms with Gasteiger partial charge in [0.1, 0.15) is 19.0 Å². The van der Waals surface area contributed by atoms with Crippen molar-refractivity contribution in [3.05, 3.63) is 62.7 Å². The predicted octanol–water partition coefficient (Wildman–Crippen LogP) is 4.83. The number of carbonyl (C=O) groups excluding carboxylic acids is 3.